The van der Waals surface area contributed by atoms with E-state index in [9.17, 15) is 25.2 Å². The summed E-state index contributed by atoms with van der Waals surface area (Å²) >= 11 is 0. The minimum Gasteiger partial charge on any atom is -0.457 e. The summed E-state index contributed by atoms with van der Waals surface area (Å²) in [6.07, 6.45) is 27.0. The van der Waals surface area contributed by atoms with E-state index in [-0.39, 0.29) is 19.2 Å². The van der Waals surface area contributed by atoms with Crippen molar-refractivity contribution < 1.29 is 44.2 Å². The van der Waals surface area contributed by atoms with Gasteiger partial charge in [-0.2, -0.15) is 0 Å². The standard InChI is InChI=1S/C40H78O9/c1-3-5-7-8-9-10-11-12-13-14-15-16-17-18-19-20-21-22-23-24-25-26-27-28-30-46-32-34(48-36(42)29-6-4-2)33-47-40-39(45)38(44)37(43)35(31-41)49-40/h34-35,37-41,43-45H,3-33H2,1-2H3. The van der Waals surface area contributed by atoms with Gasteiger partial charge in [-0.1, -0.05) is 168 Å². The maximum atomic E-state index is 12.2. The van der Waals surface area contributed by atoms with Crippen molar-refractivity contribution in [3.63, 3.8) is 0 Å². The predicted octanol–water partition coefficient (Wildman–Crippen LogP) is 8.30. The molecule has 1 saturated heterocycles. The van der Waals surface area contributed by atoms with Gasteiger partial charge in [0.1, 0.15) is 30.5 Å². The number of unbranched alkanes of at least 4 members (excludes halogenated alkanes) is 24. The molecule has 0 aromatic rings. The van der Waals surface area contributed by atoms with Gasteiger partial charge in [-0.15, -0.1) is 0 Å². The number of esters is 1. The lowest BCUT2D eigenvalue weighted by atomic mass is 9.99. The Hall–Kier alpha value is -0.810. The topological polar surface area (TPSA) is 135 Å². The number of hydrogen-bond donors (Lipinski definition) is 4. The lowest BCUT2D eigenvalue weighted by Gasteiger charge is -2.39. The molecule has 0 amide bonds. The summed E-state index contributed by atoms with van der Waals surface area (Å²) in [5.74, 6) is -0.345. The smallest absolute Gasteiger partial charge is 0.306 e. The molecule has 0 radical (unpaired) electrons. The Morgan fingerprint density at radius 2 is 1.00 bits per heavy atom. The molecule has 6 atom stereocenters. The molecule has 0 aromatic carbocycles. The van der Waals surface area contributed by atoms with Crippen LogP contribution in [0.5, 0.6) is 0 Å². The van der Waals surface area contributed by atoms with Crippen molar-refractivity contribution in [2.45, 2.75) is 224 Å². The van der Waals surface area contributed by atoms with Gasteiger partial charge in [0, 0.05) is 13.0 Å². The lowest BCUT2D eigenvalue weighted by molar-refractivity contribution is -0.305. The third kappa shape index (κ3) is 24.9. The number of carbonyl (C=O) groups excluding carboxylic acids is 1. The highest BCUT2D eigenvalue weighted by molar-refractivity contribution is 5.69. The minimum absolute atomic E-state index is 0.111. The number of aliphatic hydroxyl groups is 4. The van der Waals surface area contributed by atoms with Gasteiger partial charge < -0.3 is 39.4 Å². The van der Waals surface area contributed by atoms with Crippen LogP contribution in [-0.4, -0.2) is 89.6 Å². The van der Waals surface area contributed by atoms with Crippen molar-refractivity contribution in [1.29, 1.82) is 0 Å². The van der Waals surface area contributed by atoms with Crippen molar-refractivity contribution in [3.05, 3.63) is 0 Å². The molecule has 1 rings (SSSR count). The molecule has 292 valence electrons. The first-order valence-electron chi connectivity index (χ1n) is 20.6. The molecule has 1 fully saturated rings. The summed E-state index contributed by atoms with van der Waals surface area (Å²) in [6, 6.07) is 0. The molecule has 9 nitrogen and oxygen atoms in total. The second-order valence-electron chi connectivity index (χ2n) is 14.5. The van der Waals surface area contributed by atoms with Gasteiger partial charge in [-0.25, -0.2) is 0 Å². The Labute approximate surface area is 300 Å². The average Bonchev–Trinajstić information content (AvgIpc) is 3.10. The third-order valence-corrected chi connectivity index (χ3v) is 9.77. The van der Waals surface area contributed by atoms with Gasteiger partial charge in [-0.3, -0.25) is 4.79 Å². The number of ether oxygens (including phenoxy) is 4. The van der Waals surface area contributed by atoms with Crippen LogP contribution in [0.2, 0.25) is 0 Å². The monoisotopic (exact) mass is 703 g/mol. The highest BCUT2D eigenvalue weighted by Crippen LogP contribution is 2.22. The summed E-state index contributed by atoms with van der Waals surface area (Å²) < 4.78 is 22.4. The predicted molar refractivity (Wildman–Crippen MR) is 196 cm³/mol. The zero-order chi connectivity index (χ0) is 35.8. The van der Waals surface area contributed by atoms with Crippen LogP contribution in [0.15, 0.2) is 0 Å². The van der Waals surface area contributed by atoms with Crippen LogP contribution < -0.4 is 0 Å². The molecule has 49 heavy (non-hydrogen) atoms. The van der Waals surface area contributed by atoms with Crippen molar-refractivity contribution in [1.82, 2.24) is 0 Å². The van der Waals surface area contributed by atoms with Gasteiger partial charge in [0.05, 0.1) is 19.8 Å². The fourth-order valence-corrected chi connectivity index (χ4v) is 6.47. The van der Waals surface area contributed by atoms with E-state index >= 15 is 0 Å². The largest absolute Gasteiger partial charge is 0.457 e. The molecule has 1 heterocycles. The molecule has 1 aliphatic rings. The van der Waals surface area contributed by atoms with E-state index in [2.05, 4.69) is 6.92 Å². The van der Waals surface area contributed by atoms with Gasteiger partial charge in [0.2, 0.25) is 0 Å². The van der Waals surface area contributed by atoms with Crippen molar-refractivity contribution in [3.8, 4) is 0 Å². The summed E-state index contributed by atoms with van der Waals surface area (Å²) in [6.45, 7) is 4.34. The molecule has 0 saturated carbocycles. The minimum atomic E-state index is -1.53. The normalized spacial score (nSPS) is 21.6. The molecule has 0 aromatic heterocycles. The molecule has 0 spiro atoms. The number of rotatable bonds is 35. The molecular weight excluding hydrogens is 624 g/mol. The highest BCUT2D eigenvalue weighted by Gasteiger charge is 2.44. The Morgan fingerprint density at radius 3 is 1.43 bits per heavy atom. The van der Waals surface area contributed by atoms with Gasteiger partial charge >= 0.3 is 5.97 Å². The zero-order valence-corrected chi connectivity index (χ0v) is 31.7. The molecule has 1 aliphatic heterocycles. The van der Waals surface area contributed by atoms with Crippen LogP contribution in [0.3, 0.4) is 0 Å². The van der Waals surface area contributed by atoms with Crippen molar-refractivity contribution >= 4 is 5.97 Å². The maximum Gasteiger partial charge on any atom is 0.306 e. The van der Waals surface area contributed by atoms with Crippen LogP contribution in [0.1, 0.15) is 187 Å². The SMILES string of the molecule is CCCCCCCCCCCCCCCCCCCCCCCCCCOCC(COC1OC(CO)C(O)C(O)C1O)OC(=O)CCCC. The first-order valence-corrected chi connectivity index (χ1v) is 20.6. The Balaban J connectivity index is 1.99. The number of hydrogen-bond acceptors (Lipinski definition) is 9. The second-order valence-corrected chi connectivity index (χ2v) is 14.5. The summed E-state index contributed by atoms with van der Waals surface area (Å²) in [5, 5.41) is 39.6. The van der Waals surface area contributed by atoms with E-state index in [4.69, 9.17) is 18.9 Å². The van der Waals surface area contributed by atoms with Crippen LogP contribution >= 0.6 is 0 Å². The average molecular weight is 703 g/mol. The Morgan fingerprint density at radius 1 is 0.571 bits per heavy atom. The van der Waals surface area contributed by atoms with Crippen LogP contribution in [0.25, 0.3) is 0 Å². The first-order chi connectivity index (χ1) is 23.9. The van der Waals surface area contributed by atoms with E-state index in [1.165, 1.54) is 141 Å². The quantitative estimate of drug-likeness (QED) is 0.0380. The second kappa shape index (κ2) is 33.1. The van der Waals surface area contributed by atoms with E-state index < -0.39 is 43.4 Å². The van der Waals surface area contributed by atoms with Crippen LogP contribution in [-0.2, 0) is 23.7 Å². The fraction of sp³-hybridized carbons (Fsp3) is 0.975. The lowest BCUT2D eigenvalue weighted by Crippen LogP contribution is -2.59. The van der Waals surface area contributed by atoms with Crippen molar-refractivity contribution in [2.24, 2.45) is 0 Å². The summed E-state index contributed by atoms with van der Waals surface area (Å²) in [7, 11) is 0. The van der Waals surface area contributed by atoms with E-state index in [1.807, 2.05) is 6.92 Å². The molecule has 9 heteroatoms. The van der Waals surface area contributed by atoms with E-state index in [0.717, 1.165) is 25.7 Å². The third-order valence-electron chi connectivity index (χ3n) is 9.77. The van der Waals surface area contributed by atoms with Gasteiger partial charge in [0.15, 0.2) is 6.29 Å². The number of carbonyl (C=O) groups is 1. The molecule has 6 unspecified atom stereocenters. The summed E-state index contributed by atoms with van der Waals surface area (Å²) in [4.78, 5) is 12.2. The van der Waals surface area contributed by atoms with Crippen LogP contribution in [0, 0.1) is 0 Å². The molecule has 0 bridgehead atoms. The fourth-order valence-electron chi connectivity index (χ4n) is 6.47. The Kier molecular flexibility index (Phi) is 31.2. The summed E-state index contributed by atoms with van der Waals surface area (Å²) in [5.41, 5.74) is 0. The first kappa shape index (κ1) is 46.2. The zero-order valence-electron chi connectivity index (χ0n) is 31.7. The van der Waals surface area contributed by atoms with Crippen LogP contribution in [0.4, 0.5) is 0 Å². The van der Waals surface area contributed by atoms with E-state index in [0.29, 0.717) is 13.0 Å². The highest BCUT2D eigenvalue weighted by atomic mass is 16.7. The van der Waals surface area contributed by atoms with Crippen molar-refractivity contribution in [2.75, 3.05) is 26.4 Å². The molecule has 4 N–H and O–H groups in total. The molecule has 0 aliphatic carbocycles. The van der Waals surface area contributed by atoms with E-state index in [1.54, 1.807) is 0 Å². The maximum absolute atomic E-state index is 12.2. The van der Waals surface area contributed by atoms with Gasteiger partial charge in [0.25, 0.3) is 0 Å². The Bertz CT molecular complexity index is 722. The molecular formula is C40H78O9. The van der Waals surface area contributed by atoms with Gasteiger partial charge in [-0.05, 0) is 12.8 Å². The number of aliphatic hydroxyl groups excluding tert-OH is 4.